The summed E-state index contributed by atoms with van der Waals surface area (Å²) < 4.78 is 8.65. The molecular formula is C15H22N2OS. The number of hydrogen-bond acceptors (Lipinski definition) is 2. The van der Waals surface area contributed by atoms with Gasteiger partial charge in [0, 0.05) is 6.04 Å². The number of nitrogens with one attached hydrogen (secondary N) is 1. The van der Waals surface area contributed by atoms with Crippen molar-refractivity contribution in [2.24, 2.45) is 5.92 Å². The second-order valence-corrected chi connectivity index (χ2v) is 5.40. The van der Waals surface area contributed by atoms with Crippen molar-refractivity contribution in [1.82, 2.24) is 9.55 Å². The van der Waals surface area contributed by atoms with Gasteiger partial charge in [-0.1, -0.05) is 26.3 Å². The van der Waals surface area contributed by atoms with Gasteiger partial charge in [-0.3, -0.25) is 0 Å². The van der Waals surface area contributed by atoms with Crippen LogP contribution in [-0.4, -0.2) is 16.2 Å². The third-order valence-electron chi connectivity index (χ3n) is 3.89. The first-order chi connectivity index (χ1) is 9.10. The number of imidazole rings is 1. The van der Waals surface area contributed by atoms with Crippen LogP contribution in [0.4, 0.5) is 0 Å². The van der Waals surface area contributed by atoms with Crippen molar-refractivity contribution in [1.29, 1.82) is 0 Å². The van der Waals surface area contributed by atoms with Gasteiger partial charge in [0.05, 0.1) is 12.1 Å². The van der Waals surface area contributed by atoms with E-state index in [0.29, 0.717) is 18.6 Å². The zero-order valence-corrected chi connectivity index (χ0v) is 12.9. The third kappa shape index (κ3) is 2.54. The van der Waals surface area contributed by atoms with Crippen LogP contribution in [0.2, 0.25) is 0 Å². The lowest BCUT2D eigenvalue weighted by Gasteiger charge is -2.20. The number of H-pyrrole nitrogens is 1. The van der Waals surface area contributed by atoms with Crippen molar-refractivity contribution < 1.29 is 4.74 Å². The number of hydrogen-bond donors (Lipinski definition) is 1. The Bertz CT molecular complexity index is 614. The van der Waals surface area contributed by atoms with Crippen molar-refractivity contribution in [3.05, 3.63) is 23.0 Å². The summed E-state index contributed by atoms with van der Waals surface area (Å²) in [5.41, 5.74) is 2.13. The molecule has 0 radical (unpaired) electrons. The average Bonchev–Trinajstić information content (AvgIpc) is 2.74. The topological polar surface area (TPSA) is 29.9 Å². The highest BCUT2D eigenvalue weighted by atomic mass is 32.1. The second-order valence-electron chi connectivity index (χ2n) is 5.01. The number of para-hydroxylation sites is 1. The molecule has 2 rings (SSSR count). The van der Waals surface area contributed by atoms with Crippen LogP contribution in [0, 0.1) is 10.7 Å². The number of fused-ring (bicyclic) bond motifs is 1. The molecule has 1 heterocycles. The summed E-state index contributed by atoms with van der Waals surface area (Å²) in [6, 6.07) is 6.48. The minimum Gasteiger partial charge on any atom is -0.492 e. The first-order valence-electron chi connectivity index (χ1n) is 6.96. The standard InChI is InChI=1S/C15H22N2OS/c1-5-10(3)11(4)17-12-8-7-9-13(18-6-2)14(12)16-15(17)19/h7-11H,5-6H2,1-4H3,(H,16,19). The van der Waals surface area contributed by atoms with E-state index in [2.05, 4.69) is 36.4 Å². The van der Waals surface area contributed by atoms with E-state index in [9.17, 15) is 0 Å². The highest BCUT2D eigenvalue weighted by Crippen LogP contribution is 2.30. The molecule has 4 heteroatoms. The fourth-order valence-electron chi connectivity index (χ4n) is 2.40. The Hall–Kier alpha value is -1.29. The molecule has 1 N–H and O–H groups in total. The monoisotopic (exact) mass is 278 g/mol. The number of rotatable bonds is 5. The molecule has 0 saturated carbocycles. The molecule has 1 aromatic heterocycles. The second kappa shape index (κ2) is 5.78. The summed E-state index contributed by atoms with van der Waals surface area (Å²) in [4.78, 5) is 3.29. The molecule has 0 aliphatic carbocycles. The number of nitrogens with zero attached hydrogens (tertiary/aromatic N) is 1. The highest BCUT2D eigenvalue weighted by Gasteiger charge is 2.17. The van der Waals surface area contributed by atoms with Crippen molar-refractivity contribution in [2.45, 2.75) is 40.2 Å². The Morgan fingerprint density at radius 3 is 2.68 bits per heavy atom. The van der Waals surface area contributed by atoms with Crippen molar-refractivity contribution in [3.8, 4) is 5.75 Å². The third-order valence-corrected chi connectivity index (χ3v) is 4.19. The molecule has 104 valence electrons. The Balaban J connectivity index is 2.60. The van der Waals surface area contributed by atoms with Gasteiger partial charge in [0.25, 0.3) is 0 Å². The number of aromatic nitrogens is 2. The van der Waals surface area contributed by atoms with E-state index in [-0.39, 0.29) is 0 Å². The molecule has 2 unspecified atom stereocenters. The Kier molecular flexibility index (Phi) is 4.30. The van der Waals surface area contributed by atoms with E-state index in [0.717, 1.165) is 28.0 Å². The molecule has 3 nitrogen and oxygen atoms in total. The largest absolute Gasteiger partial charge is 0.492 e. The quantitative estimate of drug-likeness (QED) is 0.803. The predicted octanol–water partition coefficient (Wildman–Crippen LogP) is 4.70. The maximum Gasteiger partial charge on any atom is 0.178 e. The molecule has 0 aliphatic heterocycles. The van der Waals surface area contributed by atoms with Gasteiger partial charge in [-0.05, 0) is 44.1 Å². The molecule has 1 aromatic carbocycles. The molecular weight excluding hydrogens is 256 g/mol. The minimum atomic E-state index is 0.378. The van der Waals surface area contributed by atoms with Crippen LogP contribution < -0.4 is 4.74 Å². The van der Waals surface area contributed by atoms with E-state index in [1.54, 1.807) is 0 Å². The van der Waals surface area contributed by atoms with Crippen LogP contribution in [0.1, 0.15) is 40.2 Å². The maximum atomic E-state index is 5.66. The molecule has 0 spiro atoms. The van der Waals surface area contributed by atoms with Crippen molar-refractivity contribution >= 4 is 23.3 Å². The lowest BCUT2D eigenvalue weighted by molar-refractivity contribution is 0.343. The average molecular weight is 278 g/mol. The zero-order chi connectivity index (χ0) is 14.0. The van der Waals surface area contributed by atoms with Crippen LogP contribution in [0.3, 0.4) is 0 Å². The van der Waals surface area contributed by atoms with Crippen molar-refractivity contribution in [2.75, 3.05) is 6.61 Å². The van der Waals surface area contributed by atoms with E-state index in [4.69, 9.17) is 17.0 Å². The van der Waals surface area contributed by atoms with Gasteiger partial charge >= 0.3 is 0 Å². The molecule has 2 atom stereocenters. The Labute approximate surface area is 119 Å². The van der Waals surface area contributed by atoms with E-state index < -0.39 is 0 Å². The van der Waals surface area contributed by atoms with Gasteiger partial charge in [-0.2, -0.15) is 0 Å². The normalized spacial score (nSPS) is 14.5. The minimum absolute atomic E-state index is 0.378. The summed E-state index contributed by atoms with van der Waals surface area (Å²) in [5.74, 6) is 1.46. The van der Waals surface area contributed by atoms with Gasteiger partial charge in [0.1, 0.15) is 11.3 Å². The van der Waals surface area contributed by atoms with Crippen molar-refractivity contribution in [3.63, 3.8) is 0 Å². The van der Waals surface area contributed by atoms with Crippen LogP contribution in [0.15, 0.2) is 18.2 Å². The summed E-state index contributed by atoms with van der Waals surface area (Å²) in [7, 11) is 0. The first-order valence-corrected chi connectivity index (χ1v) is 7.37. The maximum absolute atomic E-state index is 5.66. The Morgan fingerprint density at radius 2 is 2.05 bits per heavy atom. The number of aromatic amines is 1. The molecule has 0 amide bonds. The molecule has 0 bridgehead atoms. The molecule has 2 aromatic rings. The first kappa shape index (κ1) is 14.1. The smallest absolute Gasteiger partial charge is 0.178 e. The van der Waals surface area contributed by atoms with Gasteiger partial charge in [-0.15, -0.1) is 0 Å². The summed E-state index contributed by atoms with van der Waals surface area (Å²) in [6.07, 6.45) is 1.14. The Morgan fingerprint density at radius 1 is 1.32 bits per heavy atom. The SMILES string of the molecule is CCOc1cccc2c1[nH]c(=S)n2C(C)C(C)CC. The zero-order valence-electron chi connectivity index (χ0n) is 12.1. The lowest BCUT2D eigenvalue weighted by Crippen LogP contribution is -2.13. The van der Waals surface area contributed by atoms with Gasteiger partial charge in [-0.25, -0.2) is 0 Å². The van der Waals surface area contributed by atoms with Gasteiger partial charge in [0.15, 0.2) is 4.77 Å². The molecule has 0 aliphatic rings. The molecule has 0 saturated heterocycles. The summed E-state index contributed by atoms with van der Waals surface area (Å²) in [5, 5.41) is 0. The fourth-order valence-corrected chi connectivity index (χ4v) is 2.76. The molecule has 0 fully saturated rings. The van der Waals surface area contributed by atoms with E-state index in [1.807, 2.05) is 19.1 Å². The van der Waals surface area contributed by atoms with Crippen LogP contribution in [0.25, 0.3) is 11.0 Å². The van der Waals surface area contributed by atoms with E-state index >= 15 is 0 Å². The fraction of sp³-hybridized carbons (Fsp3) is 0.533. The molecule has 19 heavy (non-hydrogen) atoms. The highest BCUT2D eigenvalue weighted by molar-refractivity contribution is 7.71. The van der Waals surface area contributed by atoms with Crippen LogP contribution in [0.5, 0.6) is 5.75 Å². The predicted molar refractivity (Wildman–Crippen MR) is 82.5 cm³/mol. The summed E-state index contributed by atoms with van der Waals surface area (Å²) >= 11 is 5.49. The van der Waals surface area contributed by atoms with Crippen LogP contribution in [-0.2, 0) is 0 Å². The van der Waals surface area contributed by atoms with Gasteiger partial charge in [0.2, 0.25) is 0 Å². The van der Waals surface area contributed by atoms with Gasteiger partial charge < -0.3 is 14.3 Å². The number of benzene rings is 1. The lowest BCUT2D eigenvalue weighted by atomic mass is 10.0. The summed E-state index contributed by atoms with van der Waals surface area (Å²) in [6.45, 7) is 9.35. The van der Waals surface area contributed by atoms with E-state index in [1.165, 1.54) is 0 Å². The number of ether oxygens (including phenoxy) is 1. The van der Waals surface area contributed by atoms with Crippen LogP contribution >= 0.6 is 12.2 Å².